The average molecular weight is 497 g/mol. The summed E-state index contributed by atoms with van der Waals surface area (Å²) in [7, 11) is 0. The van der Waals surface area contributed by atoms with Crippen LogP contribution >= 0.6 is 15.9 Å². The molecule has 0 unspecified atom stereocenters. The fraction of sp³-hybridized carbons (Fsp3) is 0.0455. The number of furan rings is 1. The number of ether oxygens (including phenoxy) is 1. The van der Waals surface area contributed by atoms with E-state index in [0.717, 1.165) is 4.47 Å². The molecule has 1 aromatic carbocycles. The highest BCUT2D eigenvalue weighted by Gasteiger charge is 2.09. The molecule has 0 spiro atoms. The first-order valence-electron chi connectivity index (χ1n) is 9.25. The van der Waals surface area contributed by atoms with Crippen LogP contribution in [-0.4, -0.2) is 35.5 Å². The van der Waals surface area contributed by atoms with E-state index < -0.39 is 17.8 Å². The molecule has 2 amide bonds. The van der Waals surface area contributed by atoms with Crippen molar-refractivity contribution in [2.24, 2.45) is 5.10 Å². The van der Waals surface area contributed by atoms with Crippen molar-refractivity contribution in [2.75, 3.05) is 6.54 Å². The molecule has 2 heterocycles. The van der Waals surface area contributed by atoms with Gasteiger partial charge in [-0.1, -0.05) is 22.0 Å². The molecule has 162 valence electrons. The molecule has 0 aliphatic heterocycles. The predicted octanol–water partition coefficient (Wildman–Crippen LogP) is 2.94. The van der Waals surface area contributed by atoms with Gasteiger partial charge >= 0.3 is 5.97 Å². The zero-order valence-corrected chi connectivity index (χ0v) is 18.1. The third-order valence-corrected chi connectivity index (χ3v) is 4.30. The van der Waals surface area contributed by atoms with Crippen molar-refractivity contribution in [3.8, 4) is 5.75 Å². The van der Waals surface area contributed by atoms with Gasteiger partial charge in [-0.3, -0.25) is 14.6 Å². The minimum Gasteiger partial charge on any atom is -0.465 e. The number of halogens is 1. The van der Waals surface area contributed by atoms with Crippen LogP contribution in [0.3, 0.4) is 0 Å². The van der Waals surface area contributed by atoms with Crippen LogP contribution in [0.5, 0.6) is 5.75 Å². The van der Waals surface area contributed by atoms with E-state index >= 15 is 0 Å². The lowest BCUT2D eigenvalue weighted by Gasteiger charge is -2.06. The van der Waals surface area contributed by atoms with Crippen LogP contribution in [0, 0.1) is 0 Å². The number of aromatic nitrogens is 1. The zero-order valence-electron chi connectivity index (χ0n) is 16.5. The second-order valence-corrected chi connectivity index (χ2v) is 7.06. The molecule has 0 aliphatic carbocycles. The topological polar surface area (TPSA) is 123 Å². The molecule has 32 heavy (non-hydrogen) atoms. The molecular formula is C22H17BrN4O5. The second kappa shape index (κ2) is 11.4. The number of hydrazone groups is 1. The number of amides is 2. The number of hydrogen-bond acceptors (Lipinski definition) is 7. The fourth-order valence-electron chi connectivity index (χ4n) is 2.35. The summed E-state index contributed by atoms with van der Waals surface area (Å²) in [6, 6.07) is 13.2. The Hall–Kier alpha value is -4.05. The number of benzene rings is 1. The highest BCUT2D eigenvalue weighted by atomic mass is 79.9. The SMILES string of the molecule is O=C(CNC(=O)c1ccccn1)N/N=C\c1cc(Br)ccc1OC(=O)/C=C/c1ccco1. The third kappa shape index (κ3) is 7.03. The molecule has 0 radical (unpaired) electrons. The Kier molecular flexibility index (Phi) is 8.04. The quantitative estimate of drug-likeness (QED) is 0.162. The molecule has 10 heteroatoms. The van der Waals surface area contributed by atoms with Gasteiger partial charge in [-0.25, -0.2) is 10.2 Å². The number of carbonyl (C=O) groups excluding carboxylic acids is 3. The maximum atomic E-state index is 12.1. The van der Waals surface area contributed by atoms with Crippen LogP contribution < -0.4 is 15.5 Å². The van der Waals surface area contributed by atoms with E-state index in [9.17, 15) is 14.4 Å². The number of rotatable bonds is 8. The summed E-state index contributed by atoms with van der Waals surface area (Å²) < 4.78 is 11.2. The number of esters is 1. The normalized spacial score (nSPS) is 10.9. The molecule has 2 aromatic heterocycles. The van der Waals surface area contributed by atoms with E-state index in [0.29, 0.717) is 11.3 Å². The molecule has 2 N–H and O–H groups in total. The van der Waals surface area contributed by atoms with E-state index in [1.54, 1.807) is 42.5 Å². The van der Waals surface area contributed by atoms with Gasteiger partial charge in [0.2, 0.25) is 0 Å². The summed E-state index contributed by atoms with van der Waals surface area (Å²) in [6.07, 6.45) is 7.01. The van der Waals surface area contributed by atoms with Crippen LogP contribution in [0.2, 0.25) is 0 Å². The Morgan fingerprint density at radius 2 is 2.03 bits per heavy atom. The van der Waals surface area contributed by atoms with E-state index in [1.807, 2.05) is 0 Å². The fourth-order valence-corrected chi connectivity index (χ4v) is 2.73. The lowest BCUT2D eigenvalue weighted by Crippen LogP contribution is -2.35. The third-order valence-electron chi connectivity index (χ3n) is 3.81. The van der Waals surface area contributed by atoms with Crippen molar-refractivity contribution in [3.63, 3.8) is 0 Å². The molecule has 3 aromatic rings. The molecule has 0 bridgehead atoms. The van der Waals surface area contributed by atoms with Crippen LogP contribution in [0.15, 0.2) is 81.1 Å². The molecule has 0 saturated carbocycles. The first kappa shape index (κ1) is 22.6. The maximum Gasteiger partial charge on any atom is 0.336 e. The smallest absolute Gasteiger partial charge is 0.336 e. The van der Waals surface area contributed by atoms with E-state index in [4.69, 9.17) is 9.15 Å². The monoisotopic (exact) mass is 496 g/mol. The number of nitrogens with one attached hydrogen (secondary N) is 2. The van der Waals surface area contributed by atoms with Gasteiger partial charge in [0.05, 0.1) is 19.0 Å². The molecule has 0 aliphatic rings. The van der Waals surface area contributed by atoms with Gasteiger partial charge in [0, 0.05) is 22.3 Å². The Labute approximate surface area is 191 Å². The van der Waals surface area contributed by atoms with E-state index in [-0.39, 0.29) is 18.0 Å². The van der Waals surface area contributed by atoms with Crippen molar-refractivity contribution < 1.29 is 23.5 Å². The summed E-state index contributed by atoms with van der Waals surface area (Å²) >= 11 is 3.33. The summed E-state index contributed by atoms with van der Waals surface area (Å²) in [5.74, 6) is -0.880. The minimum absolute atomic E-state index is 0.200. The van der Waals surface area contributed by atoms with Crippen molar-refractivity contribution >= 4 is 46.0 Å². The summed E-state index contributed by atoms with van der Waals surface area (Å²) in [5, 5.41) is 6.29. The molecule has 0 atom stereocenters. The molecule has 9 nitrogen and oxygen atoms in total. The summed E-state index contributed by atoms with van der Waals surface area (Å²) in [6.45, 7) is -0.287. The highest BCUT2D eigenvalue weighted by Crippen LogP contribution is 2.22. The van der Waals surface area contributed by atoms with Gasteiger partial charge in [-0.05, 0) is 48.5 Å². The van der Waals surface area contributed by atoms with Crippen molar-refractivity contribution in [1.82, 2.24) is 15.7 Å². The molecular weight excluding hydrogens is 480 g/mol. The van der Waals surface area contributed by atoms with Gasteiger partial charge in [0.15, 0.2) is 0 Å². The van der Waals surface area contributed by atoms with Gasteiger partial charge in [-0.15, -0.1) is 0 Å². The molecule has 3 rings (SSSR count). The van der Waals surface area contributed by atoms with Crippen molar-refractivity contribution in [2.45, 2.75) is 0 Å². The van der Waals surface area contributed by atoms with Crippen LogP contribution in [0.25, 0.3) is 6.08 Å². The van der Waals surface area contributed by atoms with Crippen LogP contribution in [-0.2, 0) is 9.59 Å². The molecule has 0 fully saturated rings. The highest BCUT2D eigenvalue weighted by molar-refractivity contribution is 9.10. The van der Waals surface area contributed by atoms with Crippen LogP contribution in [0.4, 0.5) is 0 Å². The Morgan fingerprint density at radius 3 is 2.78 bits per heavy atom. The standard InChI is InChI=1S/C22H17BrN4O5/c23-16-6-8-19(32-21(29)9-7-17-4-3-11-31-17)15(12-16)13-26-27-20(28)14-25-22(30)18-5-1-2-10-24-18/h1-13H,14H2,(H,25,30)(H,27,28)/b9-7+,26-13-. The number of pyridine rings is 1. The number of hydrogen-bond donors (Lipinski definition) is 2. The first-order valence-corrected chi connectivity index (χ1v) is 10.0. The van der Waals surface area contributed by atoms with E-state index in [1.165, 1.54) is 36.9 Å². The zero-order chi connectivity index (χ0) is 22.8. The predicted molar refractivity (Wildman–Crippen MR) is 120 cm³/mol. The van der Waals surface area contributed by atoms with Gasteiger partial charge in [-0.2, -0.15) is 5.10 Å². The van der Waals surface area contributed by atoms with Gasteiger partial charge < -0.3 is 14.5 Å². The Bertz CT molecular complexity index is 1140. The second-order valence-electron chi connectivity index (χ2n) is 6.14. The lowest BCUT2D eigenvalue weighted by atomic mass is 10.2. The van der Waals surface area contributed by atoms with E-state index in [2.05, 4.69) is 36.8 Å². The maximum absolute atomic E-state index is 12.1. The average Bonchev–Trinajstić information content (AvgIpc) is 3.32. The minimum atomic E-state index is -0.611. The van der Waals surface area contributed by atoms with Gasteiger partial charge in [0.25, 0.3) is 11.8 Å². The lowest BCUT2D eigenvalue weighted by molar-refractivity contribution is -0.129. The Morgan fingerprint density at radius 1 is 1.16 bits per heavy atom. The van der Waals surface area contributed by atoms with Crippen LogP contribution in [0.1, 0.15) is 21.8 Å². The summed E-state index contributed by atoms with van der Waals surface area (Å²) in [5.41, 5.74) is 2.94. The Balaban J connectivity index is 1.55. The van der Waals surface area contributed by atoms with Crippen molar-refractivity contribution in [1.29, 1.82) is 0 Å². The largest absolute Gasteiger partial charge is 0.465 e. The first-order chi connectivity index (χ1) is 15.5. The molecule has 0 saturated heterocycles. The number of nitrogens with zero attached hydrogens (tertiary/aromatic N) is 2. The van der Waals surface area contributed by atoms with Crippen molar-refractivity contribution in [3.05, 3.63) is 88.6 Å². The van der Waals surface area contributed by atoms with Gasteiger partial charge in [0.1, 0.15) is 17.2 Å². The summed E-state index contributed by atoms with van der Waals surface area (Å²) in [4.78, 5) is 39.8. The number of carbonyl (C=O) groups is 3.